The summed E-state index contributed by atoms with van der Waals surface area (Å²) < 4.78 is 24.7. The monoisotopic (exact) mass is 188 g/mol. The molecule has 0 aliphatic rings. The maximum Gasteiger partial charge on any atom is 0.265 e. The number of nitrogens with two attached hydrogens (primary N) is 1. The van der Waals surface area contributed by atoms with E-state index in [1.807, 2.05) is 0 Å². The molecule has 1 aromatic rings. The molecule has 0 bridgehead atoms. The van der Waals surface area contributed by atoms with Crippen LogP contribution in [0, 0.1) is 0 Å². The van der Waals surface area contributed by atoms with E-state index in [0.717, 1.165) is 0 Å². The van der Waals surface area contributed by atoms with Crippen LogP contribution in [0.1, 0.15) is 23.2 Å². The van der Waals surface area contributed by atoms with E-state index in [-0.39, 0.29) is 17.8 Å². The van der Waals surface area contributed by atoms with Gasteiger partial charge < -0.3 is 10.8 Å². The van der Waals surface area contributed by atoms with Crippen LogP contribution in [-0.4, -0.2) is 10.1 Å². The molecule has 0 saturated carbocycles. The van der Waals surface area contributed by atoms with E-state index < -0.39 is 13.0 Å². The molecule has 0 aliphatic heterocycles. The van der Waals surface area contributed by atoms with Gasteiger partial charge >= 0.3 is 0 Å². The van der Waals surface area contributed by atoms with Crippen LogP contribution in [0.4, 0.5) is 8.78 Å². The Balaban J connectivity index is 3.10. The molecule has 5 heteroatoms. The minimum atomic E-state index is -2.62. The van der Waals surface area contributed by atoms with Gasteiger partial charge in [0.25, 0.3) is 6.43 Å². The Morgan fingerprint density at radius 3 is 2.69 bits per heavy atom. The molecule has 0 aliphatic carbocycles. The molecule has 0 unspecified atom stereocenters. The summed E-state index contributed by atoms with van der Waals surface area (Å²) in [7, 11) is 0. The van der Waals surface area contributed by atoms with Gasteiger partial charge in [-0.15, -0.1) is 0 Å². The van der Waals surface area contributed by atoms with Crippen molar-refractivity contribution >= 4 is 0 Å². The molecule has 13 heavy (non-hydrogen) atoms. The van der Waals surface area contributed by atoms with Crippen LogP contribution in [0.25, 0.3) is 0 Å². The second-order valence-corrected chi connectivity index (χ2v) is 2.54. The molecule has 0 spiro atoms. The van der Waals surface area contributed by atoms with Crippen molar-refractivity contribution in [1.29, 1.82) is 0 Å². The van der Waals surface area contributed by atoms with Gasteiger partial charge in [-0.25, -0.2) is 8.78 Å². The van der Waals surface area contributed by atoms with Gasteiger partial charge in [0.2, 0.25) is 0 Å². The Bertz CT molecular complexity index is 291. The first-order valence-corrected chi connectivity index (χ1v) is 3.75. The molecule has 3 nitrogen and oxygen atoms in total. The zero-order valence-corrected chi connectivity index (χ0v) is 6.87. The number of rotatable bonds is 3. The van der Waals surface area contributed by atoms with Crippen LogP contribution in [0.15, 0.2) is 12.3 Å². The number of alkyl halides is 2. The van der Waals surface area contributed by atoms with Gasteiger partial charge in [0, 0.05) is 18.3 Å². The molecule has 0 saturated heterocycles. The second kappa shape index (κ2) is 4.25. The standard InChI is InChI=1S/C8H10F2N2O/c9-8(10)6-1-5(2-11)3-12-7(6)4-13/h1,3,8,13H,2,4,11H2. The minimum Gasteiger partial charge on any atom is -0.390 e. The normalized spacial score (nSPS) is 10.8. The third kappa shape index (κ3) is 2.19. The molecule has 1 rings (SSSR count). The van der Waals surface area contributed by atoms with Crippen molar-refractivity contribution < 1.29 is 13.9 Å². The van der Waals surface area contributed by atoms with Gasteiger partial charge in [0.05, 0.1) is 12.3 Å². The van der Waals surface area contributed by atoms with Crippen LogP contribution in [0.5, 0.6) is 0 Å². The molecule has 0 aromatic carbocycles. The number of hydrogen-bond donors (Lipinski definition) is 2. The van der Waals surface area contributed by atoms with Crippen molar-refractivity contribution in [2.45, 2.75) is 19.6 Å². The van der Waals surface area contributed by atoms with E-state index in [0.29, 0.717) is 5.56 Å². The highest BCUT2D eigenvalue weighted by Crippen LogP contribution is 2.22. The Morgan fingerprint density at radius 1 is 1.54 bits per heavy atom. The molecule has 0 amide bonds. The molecule has 1 heterocycles. The molecular formula is C8H10F2N2O. The van der Waals surface area contributed by atoms with E-state index in [9.17, 15) is 8.78 Å². The summed E-state index contributed by atoms with van der Waals surface area (Å²) in [5.74, 6) is 0. The third-order valence-electron chi connectivity index (χ3n) is 1.68. The highest BCUT2D eigenvalue weighted by Gasteiger charge is 2.13. The van der Waals surface area contributed by atoms with Crippen molar-refractivity contribution in [1.82, 2.24) is 4.98 Å². The largest absolute Gasteiger partial charge is 0.390 e. The van der Waals surface area contributed by atoms with Crippen LogP contribution in [-0.2, 0) is 13.2 Å². The number of pyridine rings is 1. The van der Waals surface area contributed by atoms with E-state index in [2.05, 4.69) is 4.98 Å². The minimum absolute atomic E-state index is 0.00667. The quantitative estimate of drug-likeness (QED) is 0.743. The number of nitrogens with zero attached hydrogens (tertiary/aromatic N) is 1. The summed E-state index contributed by atoms with van der Waals surface area (Å²) in [6.07, 6.45) is -1.24. The SMILES string of the molecule is NCc1cnc(CO)c(C(F)F)c1. The molecule has 0 fully saturated rings. The van der Waals surface area contributed by atoms with Gasteiger partial charge in [-0.2, -0.15) is 0 Å². The number of aliphatic hydroxyl groups is 1. The van der Waals surface area contributed by atoms with Gasteiger partial charge in [0.1, 0.15) is 0 Å². The fraction of sp³-hybridized carbons (Fsp3) is 0.375. The van der Waals surface area contributed by atoms with Crippen molar-refractivity contribution in [3.63, 3.8) is 0 Å². The Kier molecular flexibility index (Phi) is 3.27. The lowest BCUT2D eigenvalue weighted by Crippen LogP contribution is -2.03. The fourth-order valence-electron chi connectivity index (χ4n) is 0.988. The first kappa shape index (κ1) is 10.0. The van der Waals surface area contributed by atoms with Crippen LogP contribution >= 0.6 is 0 Å². The van der Waals surface area contributed by atoms with Gasteiger partial charge in [-0.3, -0.25) is 4.98 Å². The Morgan fingerprint density at radius 2 is 2.23 bits per heavy atom. The number of hydrogen-bond acceptors (Lipinski definition) is 3. The maximum absolute atomic E-state index is 12.3. The van der Waals surface area contributed by atoms with Crippen molar-refractivity contribution in [2.75, 3.05) is 0 Å². The van der Waals surface area contributed by atoms with E-state index in [1.165, 1.54) is 12.3 Å². The van der Waals surface area contributed by atoms with Gasteiger partial charge in [-0.05, 0) is 11.6 Å². The van der Waals surface area contributed by atoms with Crippen LogP contribution in [0.3, 0.4) is 0 Å². The van der Waals surface area contributed by atoms with Crippen LogP contribution in [0.2, 0.25) is 0 Å². The highest BCUT2D eigenvalue weighted by molar-refractivity contribution is 5.25. The van der Waals surface area contributed by atoms with E-state index in [1.54, 1.807) is 0 Å². The first-order valence-electron chi connectivity index (χ1n) is 3.75. The number of aliphatic hydroxyl groups excluding tert-OH is 1. The van der Waals surface area contributed by atoms with Crippen molar-refractivity contribution in [2.24, 2.45) is 5.73 Å². The Labute approximate surface area is 74.2 Å². The Hall–Kier alpha value is -1.07. The smallest absolute Gasteiger partial charge is 0.265 e. The van der Waals surface area contributed by atoms with Crippen molar-refractivity contribution in [3.8, 4) is 0 Å². The molecule has 0 radical (unpaired) electrons. The maximum atomic E-state index is 12.3. The molecular weight excluding hydrogens is 178 g/mol. The fourth-order valence-corrected chi connectivity index (χ4v) is 0.988. The first-order chi connectivity index (χ1) is 6.19. The predicted molar refractivity (Wildman–Crippen MR) is 43.0 cm³/mol. The van der Waals surface area contributed by atoms with Gasteiger partial charge in [-0.1, -0.05) is 0 Å². The summed E-state index contributed by atoms with van der Waals surface area (Å²) in [6.45, 7) is -0.317. The summed E-state index contributed by atoms with van der Waals surface area (Å²) in [6, 6.07) is 1.27. The summed E-state index contributed by atoms with van der Waals surface area (Å²) in [5, 5.41) is 8.70. The zero-order chi connectivity index (χ0) is 9.84. The topological polar surface area (TPSA) is 59.1 Å². The average molecular weight is 188 g/mol. The lowest BCUT2D eigenvalue weighted by Gasteiger charge is -2.06. The van der Waals surface area contributed by atoms with Gasteiger partial charge in [0.15, 0.2) is 0 Å². The summed E-state index contributed by atoms with van der Waals surface area (Å²) in [5.41, 5.74) is 5.56. The molecule has 3 N–H and O–H groups in total. The number of aromatic nitrogens is 1. The highest BCUT2D eigenvalue weighted by atomic mass is 19.3. The van der Waals surface area contributed by atoms with Crippen molar-refractivity contribution in [3.05, 3.63) is 29.1 Å². The summed E-state index contributed by atoms with van der Waals surface area (Å²) >= 11 is 0. The lowest BCUT2D eigenvalue weighted by atomic mass is 10.1. The zero-order valence-electron chi connectivity index (χ0n) is 6.87. The lowest BCUT2D eigenvalue weighted by molar-refractivity contribution is 0.146. The second-order valence-electron chi connectivity index (χ2n) is 2.54. The molecule has 72 valence electrons. The average Bonchev–Trinajstić information content (AvgIpc) is 2.16. The molecule has 1 aromatic heterocycles. The molecule has 0 atom stereocenters. The predicted octanol–water partition coefficient (Wildman–Crippen LogP) is 0.970. The van der Waals surface area contributed by atoms with E-state index >= 15 is 0 Å². The summed E-state index contributed by atoms with van der Waals surface area (Å²) in [4.78, 5) is 3.68. The number of halogens is 2. The van der Waals surface area contributed by atoms with E-state index in [4.69, 9.17) is 10.8 Å². The third-order valence-corrected chi connectivity index (χ3v) is 1.68. The van der Waals surface area contributed by atoms with Crippen LogP contribution < -0.4 is 5.73 Å².